The fourth-order valence-corrected chi connectivity index (χ4v) is 2.23. The molecule has 0 aliphatic heterocycles. The van der Waals surface area contributed by atoms with Gasteiger partial charge in [-0.25, -0.2) is 4.68 Å². The Labute approximate surface area is 124 Å². The Hall–Kier alpha value is -2.37. The first-order chi connectivity index (χ1) is 9.99. The number of nitrogens with two attached hydrogens (primary N) is 1. The van der Waals surface area contributed by atoms with Crippen molar-refractivity contribution in [2.75, 3.05) is 19.8 Å². The zero-order valence-corrected chi connectivity index (χ0v) is 12.9. The van der Waals surface area contributed by atoms with E-state index < -0.39 is 0 Å². The molecule has 0 saturated heterocycles. The molecule has 0 bridgehead atoms. The molecule has 0 fully saturated rings. The third kappa shape index (κ3) is 2.74. The molecule has 21 heavy (non-hydrogen) atoms. The van der Waals surface area contributed by atoms with Crippen LogP contribution in [0.15, 0.2) is 18.3 Å². The second-order valence-electron chi connectivity index (χ2n) is 5.02. The number of carbonyl (C=O) groups excluding carboxylic acids is 1. The first kappa shape index (κ1) is 15.0. The largest absolute Gasteiger partial charge is 0.396 e. The number of hydrogen-bond acceptors (Lipinski definition) is 4. The Balaban J connectivity index is 2.52. The zero-order chi connectivity index (χ0) is 15.6. The van der Waals surface area contributed by atoms with E-state index in [-0.39, 0.29) is 5.91 Å². The molecular formula is C15H21N5O. The molecule has 2 aromatic rings. The third-order valence-corrected chi connectivity index (χ3v) is 3.38. The van der Waals surface area contributed by atoms with E-state index in [9.17, 15) is 4.79 Å². The van der Waals surface area contributed by atoms with Crippen molar-refractivity contribution >= 4 is 11.6 Å². The van der Waals surface area contributed by atoms with Crippen LogP contribution >= 0.6 is 0 Å². The van der Waals surface area contributed by atoms with Crippen LogP contribution in [-0.4, -0.2) is 39.7 Å². The molecule has 0 atom stereocenters. The van der Waals surface area contributed by atoms with E-state index in [2.05, 4.69) is 10.1 Å². The minimum absolute atomic E-state index is 0.134. The average molecular weight is 287 g/mol. The summed E-state index contributed by atoms with van der Waals surface area (Å²) in [5.74, 6) is -0.134. The second-order valence-corrected chi connectivity index (χ2v) is 5.02. The molecule has 1 amide bonds. The van der Waals surface area contributed by atoms with Gasteiger partial charge in [-0.05, 0) is 25.0 Å². The third-order valence-electron chi connectivity index (χ3n) is 3.38. The van der Waals surface area contributed by atoms with Crippen LogP contribution in [0.25, 0.3) is 5.69 Å². The zero-order valence-electron chi connectivity index (χ0n) is 12.9. The highest BCUT2D eigenvalue weighted by Crippen LogP contribution is 2.22. The molecular weight excluding hydrogens is 266 g/mol. The maximum absolute atomic E-state index is 12.0. The van der Waals surface area contributed by atoms with E-state index >= 15 is 0 Å². The van der Waals surface area contributed by atoms with Crippen LogP contribution in [0.2, 0.25) is 0 Å². The minimum Gasteiger partial charge on any atom is -0.396 e. The number of hydrogen-bond donors (Lipinski definition) is 1. The molecule has 0 aliphatic rings. The Morgan fingerprint density at radius 3 is 2.62 bits per heavy atom. The van der Waals surface area contributed by atoms with Crippen LogP contribution in [-0.2, 0) is 12.8 Å². The number of carbonyl (C=O) groups is 1. The molecule has 2 N–H and O–H groups in total. The van der Waals surface area contributed by atoms with Crippen molar-refractivity contribution in [1.82, 2.24) is 19.7 Å². The van der Waals surface area contributed by atoms with Crippen LogP contribution in [0.3, 0.4) is 0 Å². The number of rotatable bonds is 4. The number of nitrogen functional groups attached to an aromatic ring is 1. The molecule has 6 heteroatoms. The molecule has 0 unspecified atom stereocenters. The first-order valence-corrected chi connectivity index (χ1v) is 7.03. The minimum atomic E-state index is -0.134. The van der Waals surface area contributed by atoms with E-state index in [4.69, 9.17) is 5.73 Å². The standard InChI is InChI=1S/C15H21N5O/c1-5-11-14(16)13(6-2)20(18-11)10-7-8-17-12(9-10)15(21)19(3)4/h7-9H,5-6,16H2,1-4H3. The summed E-state index contributed by atoms with van der Waals surface area (Å²) in [6.45, 7) is 4.06. The van der Waals surface area contributed by atoms with Gasteiger partial charge in [0, 0.05) is 20.3 Å². The van der Waals surface area contributed by atoms with Gasteiger partial charge in [-0.3, -0.25) is 9.78 Å². The van der Waals surface area contributed by atoms with Crippen molar-refractivity contribution in [2.24, 2.45) is 0 Å². The Bertz CT molecular complexity index is 660. The highest BCUT2D eigenvalue weighted by atomic mass is 16.2. The average Bonchev–Trinajstić information content (AvgIpc) is 2.82. The number of nitrogens with zero attached hydrogens (tertiary/aromatic N) is 4. The van der Waals surface area contributed by atoms with Gasteiger partial charge in [0.1, 0.15) is 5.69 Å². The number of aryl methyl sites for hydroxylation is 1. The van der Waals surface area contributed by atoms with E-state index in [1.807, 2.05) is 24.6 Å². The van der Waals surface area contributed by atoms with E-state index in [1.54, 1.807) is 26.4 Å². The van der Waals surface area contributed by atoms with Crippen molar-refractivity contribution in [3.05, 3.63) is 35.4 Å². The lowest BCUT2D eigenvalue weighted by molar-refractivity contribution is 0.0822. The number of aromatic nitrogens is 3. The molecule has 2 aromatic heterocycles. The number of anilines is 1. The fraction of sp³-hybridized carbons (Fsp3) is 0.400. The lowest BCUT2D eigenvalue weighted by Crippen LogP contribution is -2.23. The lowest BCUT2D eigenvalue weighted by atomic mass is 10.2. The molecule has 0 saturated carbocycles. The molecule has 2 heterocycles. The maximum Gasteiger partial charge on any atom is 0.272 e. The Kier molecular flexibility index (Phi) is 4.26. The van der Waals surface area contributed by atoms with Crippen molar-refractivity contribution in [3.63, 3.8) is 0 Å². The quantitative estimate of drug-likeness (QED) is 0.928. The van der Waals surface area contributed by atoms with Crippen LogP contribution in [0.1, 0.15) is 35.7 Å². The maximum atomic E-state index is 12.0. The summed E-state index contributed by atoms with van der Waals surface area (Å²) >= 11 is 0. The van der Waals surface area contributed by atoms with Gasteiger partial charge >= 0.3 is 0 Å². The summed E-state index contributed by atoms with van der Waals surface area (Å²) in [4.78, 5) is 17.6. The molecule has 2 rings (SSSR count). The summed E-state index contributed by atoms with van der Waals surface area (Å²) in [6.07, 6.45) is 3.17. The van der Waals surface area contributed by atoms with Crippen molar-refractivity contribution < 1.29 is 4.79 Å². The first-order valence-electron chi connectivity index (χ1n) is 7.03. The summed E-state index contributed by atoms with van der Waals surface area (Å²) in [5, 5.41) is 4.55. The van der Waals surface area contributed by atoms with Gasteiger partial charge in [0.2, 0.25) is 0 Å². The summed E-state index contributed by atoms with van der Waals surface area (Å²) in [7, 11) is 3.41. The van der Waals surface area contributed by atoms with Gasteiger partial charge in [0.15, 0.2) is 0 Å². The summed E-state index contributed by atoms with van der Waals surface area (Å²) < 4.78 is 1.81. The Morgan fingerprint density at radius 1 is 1.33 bits per heavy atom. The predicted molar refractivity (Wildman–Crippen MR) is 82.5 cm³/mol. The monoisotopic (exact) mass is 287 g/mol. The lowest BCUT2D eigenvalue weighted by Gasteiger charge is -2.11. The molecule has 112 valence electrons. The van der Waals surface area contributed by atoms with Gasteiger partial charge in [0.05, 0.1) is 22.8 Å². The van der Waals surface area contributed by atoms with Gasteiger partial charge in [-0.2, -0.15) is 5.10 Å². The van der Waals surface area contributed by atoms with Crippen LogP contribution in [0.5, 0.6) is 0 Å². The van der Waals surface area contributed by atoms with Crippen molar-refractivity contribution in [2.45, 2.75) is 26.7 Å². The number of pyridine rings is 1. The van der Waals surface area contributed by atoms with Gasteiger partial charge < -0.3 is 10.6 Å². The smallest absolute Gasteiger partial charge is 0.272 e. The highest BCUT2D eigenvalue weighted by Gasteiger charge is 2.16. The molecule has 0 radical (unpaired) electrons. The highest BCUT2D eigenvalue weighted by molar-refractivity contribution is 5.92. The molecule has 0 aliphatic carbocycles. The summed E-state index contributed by atoms with van der Waals surface area (Å²) in [6, 6.07) is 3.57. The van der Waals surface area contributed by atoms with Gasteiger partial charge in [-0.1, -0.05) is 13.8 Å². The fourth-order valence-electron chi connectivity index (χ4n) is 2.23. The van der Waals surface area contributed by atoms with Crippen LogP contribution < -0.4 is 5.73 Å². The topological polar surface area (TPSA) is 77.0 Å². The van der Waals surface area contributed by atoms with Crippen molar-refractivity contribution in [3.8, 4) is 5.69 Å². The van der Waals surface area contributed by atoms with E-state index in [0.717, 1.165) is 35.6 Å². The Morgan fingerprint density at radius 2 is 2.05 bits per heavy atom. The SMILES string of the molecule is CCc1nn(-c2ccnc(C(=O)N(C)C)c2)c(CC)c1N. The summed E-state index contributed by atoms with van der Waals surface area (Å²) in [5.41, 5.74) is 9.91. The van der Waals surface area contributed by atoms with Crippen molar-refractivity contribution in [1.29, 1.82) is 0 Å². The van der Waals surface area contributed by atoms with Crippen LogP contribution in [0.4, 0.5) is 5.69 Å². The van der Waals surface area contributed by atoms with E-state index in [0.29, 0.717) is 5.69 Å². The molecule has 0 spiro atoms. The molecule has 0 aromatic carbocycles. The van der Waals surface area contributed by atoms with Gasteiger partial charge in [0.25, 0.3) is 5.91 Å². The van der Waals surface area contributed by atoms with E-state index in [1.165, 1.54) is 4.90 Å². The number of amides is 1. The molecule has 6 nitrogen and oxygen atoms in total. The van der Waals surface area contributed by atoms with Gasteiger partial charge in [-0.15, -0.1) is 0 Å². The van der Waals surface area contributed by atoms with Crippen LogP contribution in [0, 0.1) is 0 Å². The second kappa shape index (κ2) is 5.95. The normalized spacial score (nSPS) is 10.7. The predicted octanol–water partition coefficient (Wildman–Crippen LogP) is 1.68.